The van der Waals surface area contributed by atoms with Gasteiger partial charge in [-0.15, -0.1) is 0 Å². The number of methoxy groups -OCH3 is 1. The lowest BCUT2D eigenvalue weighted by atomic mass is 10.1. The number of halogens is 2. The molecule has 0 radical (unpaired) electrons. The maximum atomic E-state index is 13.2. The van der Waals surface area contributed by atoms with Gasteiger partial charge in [0.1, 0.15) is 6.61 Å². The number of imidazole rings is 1. The van der Waals surface area contributed by atoms with Crippen LogP contribution in [0.5, 0.6) is 11.5 Å². The molecule has 0 saturated heterocycles. The van der Waals surface area contributed by atoms with Crippen LogP contribution in [0, 0.1) is 13.8 Å². The summed E-state index contributed by atoms with van der Waals surface area (Å²) in [6.45, 7) is 4.32. The number of aromatic nitrogens is 2. The molecular weight excluding hydrogens is 491 g/mol. The van der Waals surface area contributed by atoms with E-state index in [9.17, 15) is 4.79 Å². The number of hydrogen-bond acceptors (Lipinski definition) is 5. The maximum absolute atomic E-state index is 13.2. The van der Waals surface area contributed by atoms with Crippen molar-refractivity contribution in [2.24, 2.45) is 0 Å². The second-order valence-corrected chi connectivity index (χ2v) is 9.81. The van der Waals surface area contributed by atoms with E-state index < -0.39 is 0 Å². The van der Waals surface area contributed by atoms with Crippen LogP contribution >= 0.6 is 34.5 Å². The van der Waals surface area contributed by atoms with Gasteiger partial charge in [0.2, 0.25) is 0 Å². The zero-order chi connectivity index (χ0) is 24.0. The SMILES string of the molecule is COc1cc(/C=c2\sc3nc4cc(C)c(C)cc4n3c2=O)cc(Cl)c1OCc1ccccc1Cl. The molecule has 0 N–H and O–H groups in total. The summed E-state index contributed by atoms with van der Waals surface area (Å²) in [6.07, 6.45) is 1.79. The zero-order valence-corrected chi connectivity index (χ0v) is 21.0. The first-order chi connectivity index (χ1) is 16.4. The Kier molecular flexibility index (Phi) is 5.98. The number of ether oxygens (including phenoxy) is 2. The molecular formula is C26H20Cl2N2O3S. The molecule has 0 saturated carbocycles. The van der Waals surface area contributed by atoms with Crippen molar-refractivity contribution in [3.05, 3.63) is 95.7 Å². The van der Waals surface area contributed by atoms with Gasteiger partial charge in [-0.05, 0) is 66.9 Å². The molecule has 0 atom stereocenters. The minimum Gasteiger partial charge on any atom is -0.493 e. The molecule has 0 spiro atoms. The van der Waals surface area contributed by atoms with Crippen LogP contribution in [0.4, 0.5) is 0 Å². The van der Waals surface area contributed by atoms with Gasteiger partial charge in [0, 0.05) is 10.6 Å². The summed E-state index contributed by atoms with van der Waals surface area (Å²) in [7, 11) is 1.55. The maximum Gasteiger partial charge on any atom is 0.274 e. The molecule has 8 heteroatoms. The highest BCUT2D eigenvalue weighted by atomic mass is 35.5. The Hall–Kier alpha value is -3.06. The van der Waals surface area contributed by atoms with Crippen molar-refractivity contribution in [3.63, 3.8) is 0 Å². The molecule has 0 fully saturated rings. The van der Waals surface area contributed by atoms with Gasteiger partial charge in [0.15, 0.2) is 16.5 Å². The van der Waals surface area contributed by atoms with E-state index in [0.29, 0.717) is 31.0 Å². The van der Waals surface area contributed by atoms with Crippen LogP contribution in [-0.4, -0.2) is 16.5 Å². The third-order valence-corrected chi connectivity index (χ3v) is 7.35. The van der Waals surface area contributed by atoms with Crippen LogP contribution in [0.1, 0.15) is 22.3 Å². The lowest BCUT2D eigenvalue weighted by Gasteiger charge is -2.14. The monoisotopic (exact) mass is 510 g/mol. The summed E-state index contributed by atoms with van der Waals surface area (Å²) < 4.78 is 13.7. The summed E-state index contributed by atoms with van der Waals surface area (Å²) in [6, 6.07) is 15.0. The van der Waals surface area contributed by atoms with Gasteiger partial charge in [-0.1, -0.05) is 52.7 Å². The number of hydrogen-bond donors (Lipinski definition) is 0. The first kappa shape index (κ1) is 22.7. The van der Waals surface area contributed by atoms with Crippen molar-refractivity contribution in [2.75, 3.05) is 7.11 Å². The van der Waals surface area contributed by atoms with Crippen molar-refractivity contribution in [1.29, 1.82) is 0 Å². The van der Waals surface area contributed by atoms with Crippen LogP contribution in [0.15, 0.2) is 53.3 Å². The topological polar surface area (TPSA) is 52.8 Å². The van der Waals surface area contributed by atoms with Gasteiger partial charge in [0.05, 0.1) is 27.7 Å². The number of nitrogens with zero attached hydrogens (tertiary/aromatic N) is 2. The van der Waals surface area contributed by atoms with E-state index in [0.717, 1.165) is 33.3 Å². The van der Waals surface area contributed by atoms with Crippen molar-refractivity contribution < 1.29 is 9.47 Å². The van der Waals surface area contributed by atoms with E-state index in [4.69, 9.17) is 32.7 Å². The van der Waals surface area contributed by atoms with E-state index in [1.807, 2.05) is 44.2 Å². The first-order valence-corrected chi connectivity index (χ1v) is 12.1. The van der Waals surface area contributed by atoms with Crippen LogP contribution < -0.4 is 19.6 Å². The highest BCUT2D eigenvalue weighted by Gasteiger charge is 2.15. The van der Waals surface area contributed by atoms with Crippen molar-refractivity contribution in [1.82, 2.24) is 9.38 Å². The van der Waals surface area contributed by atoms with Crippen molar-refractivity contribution >= 4 is 56.6 Å². The molecule has 0 bridgehead atoms. The molecule has 0 unspecified atom stereocenters. The molecule has 5 rings (SSSR count). The largest absolute Gasteiger partial charge is 0.493 e. The Morgan fingerprint density at radius 1 is 1.06 bits per heavy atom. The highest BCUT2D eigenvalue weighted by Crippen LogP contribution is 2.37. The summed E-state index contributed by atoms with van der Waals surface area (Å²) in [5.74, 6) is 0.887. The summed E-state index contributed by atoms with van der Waals surface area (Å²) in [5, 5.41) is 0.995. The standard InChI is InChI=1S/C26H20Cl2N2O3S/c1-14-8-20-21(9-15(14)2)30-25(31)23(34-26(30)29-20)12-16-10-19(28)24(22(11-16)32-3)33-13-17-6-4-5-7-18(17)27/h4-12H,13H2,1-3H3/b23-12-. The third kappa shape index (κ3) is 4.02. The molecule has 5 nitrogen and oxygen atoms in total. The Balaban J connectivity index is 1.54. The Morgan fingerprint density at radius 3 is 2.59 bits per heavy atom. The zero-order valence-electron chi connectivity index (χ0n) is 18.7. The Labute approximate surface area is 209 Å². The van der Waals surface area contributed by atoms with E-state index in [1.165, 1.54) is 11.3 Å². The second kappa shape index (κ2) is 8.95. The lowest BCUT2D eigenvalue weighted by molar-refractivity contribution is 0.285. The summed E-state index contributed by atoms with van der Waals surface area (Å²) >= 11 is 14.1. The number of thiazole rings is 1. The van der Waals surface area contributed by atoms with Gasteiger partial charge in [0.25, 0.3) is 5.56 Å². The van der Waals surface area contributed by atoms with Gasteiger partial charge in [-0.2, -0.15) is 0 Å². The fraction of sp³-hybridized carbons (Fsp3) is 0.154. The van der Waals surface area contributed by atoms with Gasteiger partial charge in [-0.3, -0.25) is 4.79 Å². The van der Waals surface area contributed by atoms with Crippen molar-refractivity contribution in [3.8, 4) is 11.5 Å². The molecule has 172 valence electrons. The van der Waals surface area contributed by atoms with E-state index in [2.05, 4.69) is 4.98 Å². The Morgan fingerprint density at radius 2 is 1.82 bits per heavy atom. The van der Waals surface area contributed by atoms with Crippen molar-refractivity contribution in [2.45, 2.75) is 20.5 Å². The van der Waals surface area contributed by atoms with Gasteiger partial charge >= 0.3 is 0 Å². The van der Waals surface area contributed by atoms with Crippen LogP contribution in [-0.2, 0) is 6.61 Å². The fourth-order valence-electron chi connectivity index (χ4n) is 3.80. The predicted octanol–water partition coefficient (Wildman–Crippen LogP) is 5.97. The van der Waals surface area contributed by atoms with E-state index >= 15 is 0 Å². The molecule has 5 aromatic rings. The number of fused-ring (bicyclic) bond motifs is 3. The third-order valence-electron chi connectivity index (χ3n) is 5.73. The van der Waals surface area contributed by atoms with Crippen LogP contribution in [0.2, 0.25) is 10.0 Å². The molecule has 0 aliphatic heterocycles. The lowest BCUT2D eigenvalue weighted by Crippen LogP contribution is -2.22. The average molecular weight is 511 g/mol. The summed E-state index contributed by atoms with van der Waals surface area (Å²) in [4.78, 5) is 18.5. The minimum atomic E-state index is -0.111. The molecule has 0 aliphatic rings. The first-order valence-electron chi connectivity index (χ1n) is 10.5. The van der Waals surface area contributed by atoms with Gasteiger partial charge in [-0.25, -0.2) is 9.38 Å². The Bertz CT molecular complexity index is 1670. The molecule has 3 aromatic carbocycles. The molecule has 2 heterocycles. The van der Waals surface area contributed by atoms with Gasteiger partial charge < -0.3 is 9.47 Å². The quantitative estimate of drug-likeness (QED) is 0.292. The fourth-order valence-corrected chi connectivity index (χ4v) is 5.25. The van der Waals surface area contributed by atoms with E-state index in [1.54, 1.807) is 35.8 Å². The second-order valence-electron chi connectivity index (χ2n) is 7.98. The predicted molar refractivity (Wildman–Crippen MR) is 139 cm³/mol. The van der Waals surface area contributed by atoms with E-state index in [-0.39, 0.29) is 12.2 Å². The number of aryl methyl sites for hydroxylation is 2. The minimum absolute atomic E-state index is 0.111. The van der Waals surface area contributed by atoms with Crippen LogP contribution in [0.25, 0.3) is 22.1 Å². The number of benzene rings is 3. The smallest absolute Gasteiger partial charge is 0.274 e. The molecule has 2 aromatic heterocycles. The summed E-state index contributed by atoms with van der Waals surface area (Å²) in [5.41, 5.74) is 5.37. The highest BCUT2D eigenvalue weighted by molar-refractivity contribution is 7.15. The van der Waals surface area contributed by atoms with Crippen LogP contribution in [0.3, 0.4) is 0 Å². The molecule has 0 aliphatic carbocycles. The molecule has 34 heavy (non-hydrogen) atoms. The number of rotatable bonds is 5. The average Bonchev–Trinajstić information content (AvgIpc) is 3.29. The normalized spacial score (nSPS) is 12.1. The molecule has 0 amide bonds.